The summed E-state index contributed by atoms with van der Waals surface area (Å²) in [5.41, 5.74) is 4.22. The number of benzene rings is 2. The summed E-state index contributed by atoms with van der Waals surface area (Å²) in [5.74, 6) is 1.08. The number of imidazole rings is 1. The summed E-state index contributed by atoms with van der Waals surface area (Å²) in [4.78, 5) is 43.2. The first-order chi connectivity index (χ1) is 21.7. The van der Waals surface area contributed by atoms with E-state index in [9.17, 15) is 14.7 Å². The third-order valence-electron chi connectivity index (χ3n) is 8.58. The van der Waals surface area contributed by atoms with Crippen LogP contribution in [0, 0.1) is 0 Å². The number of piperidine rings is 1. The molecule has 0 radical (unpaired) electrons. The molecule has 2 amide bonds. The van der Waals surface area contributed by atoms with Gasteiger partial charge in [-0.3, -0.25) is 9.69 Å². The second-order valence-corrected chi connectivity index (χ2v) is 12.8. The number of rotatable bonds is 11. The van der Waals surface area contributed by atoms with Gasteiger partial charge in [-0.05, 0) is 69.7 Å². The number of para-hydroxylation sites is 2. The predicted octanol–water partition coefficient (Wildman–Crippen LogP) is 6.02. The van der Waals surface area contributed by atoms with Crippen LogP contribution >= 0.6 is 0 Å². The first-order valence-electron chi connectivity index (χ1n) is 15.7. The van der Waals surface area contributed by atoms with Crippen molar-refractivity contribution in [2.75, 3.05) is 26.8 Å². The van der Waals surface area contributed by atoms with Crippen LogP contribution in [0.15, 0.2) is 67.3 Å². The van der Waals surface area contributed by atoms with Gasteiger partial charge in [0, 0.05) is 75.2 Å². The number of carbonyl (C=O) groups is 2. The molecule has 0 unspecified atom stereocenters. The van der Waals surface area contributed by atoms with E-state index < -0.39 is 17.7 Å². The molecule has 4 aromatic rings. The van der Waals surface area contributed by atoms with Crippen LogP contribution < -0.4 is 0 Å². The molecule has 5 rings (SSSR count). The SMILES string of the molecule is COCCCn1c([C@@H]2CCCN(C(=O)C[C@@H](Cc3ccc(-c4cncnc4)cc3)N(C(=O)O)C(C)(C)C)C2)nc2ccccc21. The van der Waals surface area contributed by atoms with E-state index in [1.54, 1.807) is 19.5 Å². The molecule has 0 saturated carbocycles. The Balaban J connectivity index is 1.36. The molecule has 1 saturated heterocycles. The fourth-order valence-corrected chi connectivity index (χ4v) is 6.55. The molecule has 1 aliphatic rings. The largest absolute Gasteiger partial charge is 0.465 e. The average Bonchev–Trinajstić information content (AvgIpc) is 3.40. The quantitative estimate of drug-likeness (QED) is 0.206. The normalized spacial score (nSPS) is 16.1. The van der Waals surface area contributed by atoms with E-state index in [-0.39, 0.29) is 18.2 Å². The Kier molecular flexibility index (Phi) is 10.1. The van der Waals surface area contributed by atoms with E-state index in [4.69, 9.17) is 9.72 Å². The van der Waals surface area contributed by atoms with Gasteiger partial charge in [0.05, 0.1) is 11.0 Å². The molecule has 1 N–H and O–H groups in total. The Labute approximate surface area is 265 Å². The molecular weight excluding hydrogens is 568 g/mol. The maximum atomic E-state index is 14.0. The second kappa shape index (κ2) is 14.2. The predicted molar refractivity (Wildman–Crippen MR) is 174 cm³/mol. The van der Waals surface area contributed by atoms with Crippen molar-refractivity contribution in [3.63, 3.8) is 0 Å². The lowest BCUT2D eigenvalue weighted by Crippen LogP contribution is -2.54. The lowest BCUT2D eigenvalue weighted by molar-refractivity contribution is -0.134. The van der Waals surface area contributed by atoms with Gasteiger partial charge in [0.1, 0.15) is 12.2 Å². The minimum absolute atomic E-state index is 0.0275. The number of likely N-dealkylation sites (tertiary alicyclic amines) is 1. The van der Waals surface area contributed by atoms with Crippen molar-refractivity contribution in [1.29, 1.82) is 0 Å². The smallest absolute Gasteiger partial charge is 0.408 e. The lowest BCUT2D eigenvalue weighted by atomic mass is 9.93. The number of fused-ring (bicyclic) bond motifs is 1. The molecule has 10 heteroatoms. The molecule has 2 aromatic carbocycles. The standard InChI is InChI=1S/C35H44N6O4/c1-35(2,3)41(34(43)44)29(19-25-12-14-26(15-13-25)28-21-36-24-37-22-28)20-32(42)39-16-7-9-27(23-39)33-38-30-10-5-6-11-31(30)40(33)17-8-18-45-4/h5-6,10-15,21-22,24,27,29H,7-9,16-20,23H2,1-4H3,(H,43,44)/t27-,29-/m1/s1. The van der Waals surface area contributed by atoms with Gasteiger partial charge in [-0.2, -0.15) is 0 Å². The summed E-state index contributed by atoms with van der Waals surface area (Å²) in [7, 11) is 1.71. The summed E-state index contributed by atoms with van der Waals surface area (Å²) in [6, 6.07) is 15.6. The Bertz CT molecular complexity index is 1580. The molecular formula is C35H44N6O4. The molecule has 0 aliphatic carbocycles. The van der Waals surface area contributed by atoms with E-state index >= 15 is 0 Å². The summed E-state index contributed by atoms with van der Waals surface area (Å²) < 4.78 is 7.60. The third-order valence-corrected chi connectivity index (χ3v) is 8.58. The van der Waals surface area contributed by atoms with Crippen LogP contribution in [-0.2, 0) is 22.5 Å². The molecule has 3 heterocycles. The van der Waals surface area contributed by atoms with Crippen molar-refractivity contribution in [2.24, 2.45) is 0 Å². The number of amides is 2. The van der Waals surface area contributed by atoms with Crippen LogP contribution in [0.1, 0.15) is 63.8 Å². The topological polar surface area (TPSA) is 114 Å². The number of aryl methyl sites for hydroxylation is 1. The van der Waals surface area contributed by atoms with E-state index in [0.717, 1.165) is 59.4 Å². The van der Waals surface area contributed by atoms with Gasteiger partial charge in [0.2, 0.25) is 5.91 Å². The van der Waals surface area contributed by atoms with E-state index in [0.29, 0.717) is 26.1 Å². The number of hydrogen-bond acceptors (Lipinski definition) is 6. The molecule has 2 aromatic heterocycles. The minimum Gasteiger partial charge on any atom is -0.465 e. The molecule has 45 heavy (non-hydrogen) atoms. The highest BCUT2D eigenvalue weighted by molar-refractivity contribution is 5.79. The summed E-state index contributed by atoms with van der Waals surface area (Å²) in [6.45, 7) is 8.32. The first kappa shape index (κ1) is 32.1. The Morgan fingerprint density at radius 1 is 1.07 bits per heavy atom. The zero-order chi connectivity index (χ0) is 32.0. The molecule has 1 aliphatic heterocycles. The highest BCUT2D eigenvalue weighted by Gasteiger charge is 2.36. The van der Waals surface area contributed by atoms with E-state index in [2.05, 4.69) is 20.6 Å². The fraction of sp³-hybridized carbons (Fsp3) is 0.457. The van der Waals surface area contributed by atoms with Crippen LogP contribution in [0.5, 0.6) is 0 Å². The second-order valence-electron chi connectivity index (χ2n) is 12.8. The van der Waals surface area contributed by atoms with E-state index in [1.165, 1.54) is 11.2 Å². The molecule has 2 atom stereocenters. The van der Waals surface area contributed by atoms with Gasteiger partial charge in [0.25, 0.3) is 0 Å². The van der Waals surface area contributed by atoms with Crippen LogP contribution in [-0.4, -0.2) is 84.8 Å². The van der Waals surface area contributed by atoms with Gasteiger partial charge in [-0.25, -0.2) is 19.7 Å². The Morgan fingerprint density at radius 2 is 1.80 bits per heavy atom. The molecule has 0 spiro atoms. The summed E-state index contributed by atoms with van der Waals surface area (Å²) in [6.07, 6.45) is 7.21. The summed E-state index contributed by atoms with van der Waals surface area (Å²) in [5, 5.41) is 10.3. The minimum atomic E-state index is -1.03. The highest BCUT2D eigenvalue weighted by atomic mass is 16.5. The number of carbonyl (C=O) groups excluding carboxylic acids is 1. The van der Waals surface area contributed by atoms with Crippen LogP contribution in [0.3, 0.4) is 0 Å². The zero-order valence-corrected chi connectivity index (χ0v) is 26.7. The number of ether oxygens (including phenoxy) is 1. The molecule has 0 bridgehead atoms. The van der Waals surface area contributed by atoms with Crippen molar-refractivity contribution in [1.82, 2.24) is 29.3 Å². The van der Waals surface area contributed by atoms with Gasteiger partial charge in [-0.1, -0.05) is 36.4 Å². The highest BCUT2D eigenvalue weighted by Crippen LogP contribution is 2.31. The van der Waals surface area contributed by atoms with Crippen molar-refractivity contribution in [2.45, 2.75) is 76.9 Å². The summed E-state index contributed by atoms with van der Waals surface area (Å²) >= 11 is 0. The van der Waals surface area contributed by atoms with Crippen LogP contribution in [0.4, 0.5) is 4.79 Å². The van der Waals surface area contributed by atoms with Crippen molar-refractivity contribution in [3.05, 3.63) is 78.6 Å². The zero-order valence-electron chi connectivity index (χ0n) is 26.7. The Hall–Kier alpha value is -4.31. The van der Waals surface area contributed by atoms with E-state index in [1.807, 2.05) is 68.1 Å². The van der Waals surface area contributed by atoms with Crippen molar-refractivity contribution >= 4 is 23.0 Å². The number of carboxylic acid groups (broad SMARTS) is 1. The number of nitrogens with zero attached hydrogens (tertiary/aromatic N) is 6. The fourth-order valence-electron chi connectivity index (χ4n) is 6.55. The number of methoxy groups -OCH3 is 1. The monoisotopic (exact) mass is 612 g/mol. The van der Waals surface area contributed by atoms with Crippen molar-refractivity contribution < 1.29 is 19.4 Å². The number of hydrogen-bond donors (Lipinski definition) is 1. The maximum Gasteiger partial charge on any atom is 0.408 e. The Morgan fingerprint density at radius 3 is 2.49 bits per heavy atom. The van der Waals surface area contributed by atoms with Crippen LogP contribution in [0.2, 0.25) is 0 Å². The molecule has 238 valence electrons. The van der Waals surface area contributed by atoms with Crippen molar-refractivity contribution in [3.8, 4) is 11.1 Å². The van der Waals surface area contributed by atoms with Gasteiger partial charge >= 0.3 is 6.09 Å². The number of aromatic nitrogens is 4. The van der Waals surface area contributed by atoms with Gasteiger partial charge in [-0.15, -0.1) is 0 Å². The van der Waals surface area contributed by atoms with Gasteiger partial charge < -0.3 is 19.3 Å². The third kappa shape index (κ3) is 7.68. The molecule has 1 fully saturated rings. The first-order valence-corrected chi connectivity index (χ1v) is 15.7. The van der Waals surface area contributed by atoms with Crippen LogP contribution in [0.25, 0.3) is 22.2 Å². The maximum absolute atomic E-state index is 14.0. The molecule has 10 nitrogen and oxygen atoms in total. The average molecular weight is 613 g/mol. The lowest BCUT2D eigenvalue weighted by Gasteiger charge is -2.41. The van der Waals surface area contributed by atoms with Gasteiger partial charge in [0.15, 0.2) is 0 Å².